The van der Waals surface area contributed by atoms with E-state index in [4.69, 9.17) is 4.74 Å². The van der Waals surface area contributed by atoms with Crippen molar-refractivity contribution in [1.82, 2.24) is 24.6 Å². The molecule has 0 saturated carbocycles. The molecule has 0 saturated heterocycles. The summed E-state index contributed by atoms with van der Waals surface area (Å²) in [6.45, 7) is 5.10. The summed E-state index contributed by atoms with van der Waals surface area (Å²) in [6.07, 6.45) is 4.43. The van der Waals surface area contributed by atoms with Gasteiger partial charge in [0.2, 0.25) is 0 Å². The van der Waals surface area contributed by atoms with Crippen molar-refractivity contribution in [3.05, 3.63) is 71.1 Å². The first-order valence-corrected chi connectivity index (χ1v) is 9.24. The number of carbonyl (C=O) groups excluding carboxylic acids is 1. The largest absolute Gasteiger partial charge is 0.461 e. The summed E-state index contributed by atoms with van der Waals surface area (Å²) in [5.41, 5.74) is 3.70. The first-order valence-electron chi connectivity index (χ1n) is 9.24. The lowest BCUT2D eigenvalue weighted by molar-refractivity contribution is 0.0515. The van der Waals surface area contributed by atoms with E-state index in [-0.39, 0.29) is 5.97 Å². The minimum atomic E-state index is -0.347. The molecule has 1 aliphatic heterocycles. The van der Waals surface area contributed by atoms with Crippen molar-refractivity contribution >= 4 is 5.97 Å². The van der Waals surface area contributed by atoms with E-state index in [9.17, 15) is 4.79 Å². The second kappa shape index (κ2) is 7.75. The third-order valence-electron chi connectivity index (χ3n) is 4.79. The molecule has 0 spiro atoms. The van der Waals surface area contributed by atoms with Gasteiger partial charge < -0.3 is 9.72 Å². The van der Waals surface area contributed by atoms with Crippen LogP contribution in [0.3, 0.4) is 0 Å². The van der Waals surface area contributed by atoms with E-state index in [1.807, 2.05) is 36.0 Å². The van der Waals surface area contributed by atoms with Gasteiger partial charge in [-0.1, -0.05) is 30.3 Å². The Hall–Kier alpha value is -2.93. The van der Waals surface area contributed by atoms with E-state index in [0.717, 1.165) is 42.2 Å². The standard InChI is InChI=1S/C20H23N5O2/c1-2-27-20(26)19-16-13-24(14-18-21-9-10-22-18)11-8-17(16)25(23-19)12-15-6-4-3-5-7-15/h3-7,9-10H,2,8,11-14H2,1H3,(H,21,22). The Labute approximate surface area is 158 Å². The summed E-state index contributed by atoms with van der Waals surface area (Å²) >= 11 is 0. The SMILES string of the molecule is CCOC(=O)c1nn(Cc2ccccc2)c2c1CN(Cc1ncc[nH]1)CC2. The first-order chi connectivity index (χ1) is 13.2. The van der Waals surface area contributed by atoms with E-state index < -0.39 is 0 Å². The molecule has 1 aliphatic rings. The predicted molar refractivity (Wildman–Crippen MR) is 100 cm³/mol. The zero-order chi connectivity index (χ0) is 18.6. The molecule has 2 aromatic heterocycles. The van der Waals surface area contributed by atoms with Gasteiger partial charge in [-0.25, -0.2) is 9.78 Å². The van der Waals surface area contributed by atoms with Crippen LogP contribution in [0.1, 0.15) is 40.1 Å². The molecule has 4 rings (SSSR count). The highest BCUT2D eigenvalue weighted by Crippen LogP contribution is 2.25. The number of hydrogen-bond donors (Lipinski definition) is 1. The Bertz CT molecular complexity index is 902. The van der Waals surface area contributed by atoms with Crippen LogP contribution in [0.25, 0.3) is 0 Å². The molecule has 0 fully saturated rings. The van der Waals surface area contributed by atoms with Crippen LogP contribution >= 0.6 is 0 Å². The first kappa shape index (κ1) is 17.5. The van der Waals surface area contributed by atoms with Crippen molar-refractivity contribution in [3.8, 4) is 0 Å². The van der Waals surface area contributed by atoms with Crippen LogP contribution in [0.5, 0.6) is 0 Å². The van der Waals surface area contributed by atoms with Crippen LogP contribution in [0, 0.1) is 0 Å². The van der Waals surface area contributed by atoms with Crippen molar-refractivity contribution < 1.29 is 9.53 Å². The number of hydrogen-bond acceptors (Lipinski definition) is 5. The van der Waals surface area contributed by atoms with Crippen LogP contribution in [0.4, 0.5) is 0 Å². The average molecular weight is 365 g/mol. The Morgan fingerprint density at radius 2 is 2.11 bits per heavy atom. The molecule has 0 unspecified atom stereocenters. The lowest BCUT2D eigenvalue weighted by Crippen LogP contribution is -2.31. The maximum atomic E-state index is 12.5. The Morgan fingerprint density at radius 3 is 2.85 bits per heavy atom. The number of nitrogens with one attached hydrogen (secondary N) is 1. The van der Waals surface area contributed by atoms with Crippen LogP contribution in [-0.4, -0.2) is 43.8 Å². The van der Waals surface area contributed by atoms with E-state index in [0.29, 0.717) is 25.4 Å². The molecule has 1 N–H and O–H groups in total. The molecule has 7 nitrogen and oxygen atoms in total. The van der Waals surface area contributed by atoms with Gasteiger partial charge in [0.05, 0.1) is 19.7 Å². The van der Waals surface area contributed by atoms with E-state index in [2.05, 4.69) is 32.1 Å². The van der Waals surface area contributed by atoms with Gasteiger partial charge in [-0.2, -0.15) is 5.10 Å². The molecule has 0 aliphatic carbocycles. The molecule has 27 heavy (non-hydrogen) atoms. The number of rotatable bonds is 6. The summed E-state index contributed by atoms with van der Waals surface area (Å²) in [5, 5.41) is 4.63. The normalized spacial score (nSPS) is 14.1. The third-order valence-corrected chi connectivity index (χ3v) is 4.79. The highest BCUT2D eigenvalue weighted by molar-refractivity contribution is 5.89. The van der Waals surface area contributed by atoms with E-state index in [1.165, 1.54) is 0 Å². The lowest BCUT2D eigenvalue weighted by atomic mass is 10.0. The van der Waals surface area contributed by atoms with Gasteiger partial charge in [-0.3, -0.25) is 9.58 Å². The van der Waals surface area contributed by atoms with Gasteiger partial charge in [-0.15, -0.1) is 0 Å². The van der Waals surface area contributed by atoms with Crippen LogP contribution in [0.15, 0.2) is 42.7 Å². The van der Waals surface area contributed by atoms with Crippen molar-refractivity contribution in [1.29, 1.82) is 0 Å². The van der Waals surface area contributed by atoms with Gasteiger partial charge in [0.25, 0.3) is 0 Å². The van der Waals surface area contributed by atoms with E-state index in [1.54, 1.807) is 6.20 Å². The topological polar surface area (TPSA) is 76.0 Å². The van der Waals surface area contributed by atoms with Crippen molar-refractivity contribution in [2.75, 3.05) is 13.2 Å². The molecule has 0 radical (unpaired) electrons. The van der Waals surface area contributed by atoms with E-state index >= 15 is 0 Å². The molecular formula is C20H23N5O2. The summed E-state index contributed by atoms with van der Waals surface area (Å²) in [6, 6.07) is 10.2. The summed E-state index contributed by atoms with van der Waals surface area (Å²) in [4.78, 5) is 22.2. The number of aromatic amines is 1. The Kier molecular flexibility index (Phi) is 5.02. The van der Waals surface area contributed by atoms with Gasteiger partial charge in [-0.05, 0) is 12.5 Å². The molecule has 0 atom stereocenters. The molecule has 7 heteroatoms. The molecule has 0 bridgehead atoms. The average Bonchev–Trinajstić information content (AvgIpc) is 3.31. The fraction of sp³-hybridized carbons (Fsp3) is 0.350. The second-order valence-corrected chi connectivity index (χ2v) is 6.63. The number of imidazole rings is 1. The van der Waals surface area contributed by atoms with Crippen molar-refractivity contribution in [3.63, 3.8) is 0 Å². The van der Waals surface area contributed by atoms with Gasteiger partial charge in [0.15, 0.2) is 5.69 Å². The fourth-order valence-electron chi connectivity index (χ4n) is 3.53. The van der Waals surface area contributed by atoms with Crippen LogP contribution < -0.4 is 0 Å². The summed E-state index contributed by atoms with van der Waals surface area (Å²) in [7, 11) is 0. The Morgan fingerprint density at radius 1 is 1.26 bits per heavy atom. The smallest absolute Gasteiger partial charge is 0.359 e. The zero-order valence-corrected chi connectivity index (χ0v) is 15.4. The lowest BCUT2D eigenvalue weighted by Gasteiger charge is -2.26. The minimum absolute atomic E-state index is 0.343. The number of carbonyl (C=O) groups is 1. The van der Waals surface area contributed by atoms with Gasteiger partial charge >= 0.3 is 5.97 Å². The van der Waals surface area contributed by atoms with Crippen LogP contribution in [0.2, 0.25) is 0 Å². The van der Waals surface area contributed by atoms with Crippen molar-refractivity contribution in [2.45, 2.75) is 33.0 Å². The summed E-state index contributed by atoms with van der Waals surface area (Å²) in [5.74, 6) is 0.577. The highest BCUT2D eigenvalue weighted by Gasteiger charge is 2.29. The Balaban J connectivity index is 1.62. The predicted octanol–water partition coefficient (Wildman–Crippen LogP) is 2.39. The number of aromatic nitrogens is 4. The number of nitrogens with zero attached hydrogens (tertiary/aromatic N) is 4. The van der Waals surface area contributed by atoms with Crippen molar-refractivity contribution in [2.24, 2.45) is 0 Å². The maximum absolute atomic E-state index is 12.5. The quantitative estimate of drug-likeness (QED) is 0.679. The maximum Gasteiger partial charge on any atom is 0.359 e. The van der Waals surface area contributed by atoms with Gasteiger partial charge in [0.1, 0.15) is 5.82 Å². The third kappa shape index (κ3) is 3.78. The molecular weight excluding hydrogens is 342 g/mol. The highest BCUT2D eigenvalue weighted by atomic mass is 16.5. The molecule has 3 heterocycles. The number of ether oxygens (including phenoxy) is 1. The fourth-order valence-corrected chi connectivity index (χ4v) is 3.53. The summed E-state index contributed by atoms with van der Waals surface area (Å²) < 4.78 is 7.21. The minimum Gasteiger partial charge on any atom is -0.461 e. The number of H-pyrrole nitrogens is 1. The number of fused-ring (bicyclic) bond motifs is 1. The molecule has 0 amide bonds. The number of benzene rings is 1. The monoisotopic (exact) mass is 365 g/mol. The molecule has 1 aromatic carbocycles. The molecule has 140 valence electrons. The number of esters is 1. The van der Waals surface area contributed by atoms with Crippen LogP contribution in [-0.2, 0) is 30.8 Å². The molecule has 3 aromatic rings. The zero-order valence-electron chi connectivity index (χ0n) is 15.4. The van der Waals surface area contributed by atoms with Gasteiger partial charge in [0, 0.05) is 43.2 Å². The second-order valence-electron chi connectivity index (χ2n) is 6.63.